The molecule has 0 N–H and O–H groups in total. The summed E-state index contributed by atoms with van der Waals surface area (Å²) in [5, 5.41) is 0. The van der Waals surface area contributed by atoms with Gasteiger partial charge in [-0.3, -0.25) is 58.0 Å². The summed E-state index contributed by atoms with van der Waals surface area (Å²) in [5.41, 5.74) is 8.86. The molecule has 0 saturated carbocycles. The average Bonchev–Trinajstić information content (AvgIpc) is 4.07. The number of carbonyl (C=O) groups excluding carboxylic acids is 8. The number of carbonyl (C=O) groups is 8. The smallest absolute Gasteiger partial charge is 0.268 e. The fourth-order valence-corrected chi connectivity index (χ4v) is 9.12. The van der Waals surface area contributed by atoms with E-state index < -0.39 is 0 Å². The van der Waals surface area contributed by atoms with Crippen LogP contribution in [-0.2, 0) is 42.1 Å². The van der Waals surface area contributed by atoms with Crippen molar-refractivity contribution in [2.24, 2.45) is 0 Å². The van der Waals surface area contributed by atoms with Gasteiger partial charge in [0.05, 0.1) is 44.5 Å². The van der Waals surface area contributed by atoms with Crippen LogP contribution < -0.4 is 19.6 Å². The third kappa shape index (κ3) is 9.29. The van der Waals surface area contributed by atoms with Crippen LogP contribution in [0.25, 0.3) is 22.3 Å². The second-order valence-corrected chi connectivity index (χ2v) is 17.0. The van der Waals surface area contributed by atoms with Gasteiger partial charge in [-0.25, -0.2) is 0 Å². The molecule has 4 heterocycles. The molecule has 9 aromatic rings. The molecule has 9 aromatic carbocycles. The molecular weight excluding hydrogens is 1300 g/mol. The van der Waals surface area contributed by atoms with E-state index in [0.717, 1.165) is 22.3 Å². The number of imide groups is 4. The van der Waals surface area contributed by atoms with E-state index in [2.05, 4.69) is 24.3 Å². The van der Waals surface area contributed by atoms with E-state index in [0.29, 0.717) is 67.3 Å². The molecule has 12 nitrogen and oxygen atoms in total. The topological polar surface area (TPSA) is 150 Å². The number of hydrogen-bond donors (Lipinski definition) is 0. The van der Waals surface area contributed by atoms with Crippen molar-refractivity contribution in [2.45, 2.75) is 0 Å². The molecule has 0 radical (unpaired) electrons. The molecule has 0 fully saturated rings. The summed E-state index contributed by atoms with van der Waals surface area (Å²) < 4.78 is 0. The van der Waals surface area contributed by atoms with Gasteiger partial charge >= 0.3 is 42.1 Å². The van der Waals surface area contributed by atoms with Gasteiger partial charge in [0.2, 0.25) is 0 Å². The molecule has 0 spiro atoms. The zero-order chi connectivity index (χ0) is 51.0. The Morgan fingerprint density at radius 2 is 0.421 bits per heavy atom. The van der Waals surface area contributed by atoms with Crippen LogP contribution in [0.2, 0.25) is 0 Å². The maximum absolute atomic E-state index is 13.1. The third-order valence-corrected chi connectivity index (χ3v) is 12.7. The van der Waals surface area contributed by atoms with Crippen LogP contribution in [0, 0.1) is 24.3 Å². The predicted molar refractivity (Wildman–Crippen MR) is 276 cm³/mol. The minimum atomic E-state index is -0.357. The van der Waals surface area contributed by atoms with Gasteiger partial charge in [0.1, 0.15) is 0 Å². The number of benzene rings is 9. The van der Waals surface area contributed by atoms with Gasteiger partial charge in [-0.1, -0.05) is 83.4 Å². The van der Waals surface area contributed by atoms with E-state index in [1.54, 1.807) is 170 Å². The molecule has 76 heavy (non-hydrogen) atoms. The minimum Gasteiger partial charge on any atom is -0.268 e. The van der Waals surface area contributed by atoms with Crippen LogP contribution in [0.4, 0.5) is 22.7 Å². The zero-order valence-corrected chi connectivity index (χ0v) is 45.4. The number of fused-ring (bicyclic) bond motifs is 4. The summed E-state index contributed by atoms with van der Waals surface area (Å²) >= 11 is 0. The van der Waals surface area contributed by atoms with E-state index in [4.69, 9.17) is 0 Å². The summed E-state index contributed by atoms with van der Waals surface area (Å²) in [5.74, 6) is -2.47. The van der Waals surface area contributed by atoms with Crippen molar-refractivity contribution in [3.63, 3.8) is 0 Å². The maximum atomic E-state index is 13.1. The molecule has 0 unspecified atom stereocenters. The molecular formula is C62H34N4O8W2. The molecule has 0 bridgehead atoms. The molecule has 362 valence electrons. The second kappa shape index (κ2) is 21.8. The Morgan fingerprint density at radius 3 is 0.658 bits per heavy atom. The SMILES string of the molecule is O=C1c2ccc(-c3ccc(-c4ccc5c(c4)C(=O)N(c4cc[c-]cc4)C5=O)cc3)cc2C(=O)N1c1cc[c-]cc1.O=C1c2ccccc2C(=O)N1c1cc[c-]cc1.O=C1c2ccccc2C(=O)N1c1cc[c-]cc1.[W+2].[W+2]. The molecule has 8 amide bonds. The van der Waals surface area contributed by atoms with Crippen LogP contribution in [-0.4, -0.2) is 47.3 Å². The first kappa shape index (κ1) is 51.8. The van der Waals surface area contributed by atoms with Crippen LogP contribution >= 0.6 is 0 Å². The Balaban J connectivity index is 0.000000161. The first-order chi connectivity index (χ1) is 36.1. The maximum Gasteiger partial charge on any atom is 2.00 e. The van der Waals surface area contributed by atoms with Crippen molar-refractivity contribution in [1.82, 2.24) is 0 Å². The monoisotopic (exact) mass is 1330 g/mol. The third-order valence-electron chi connectivity index (χ3n) is 12.7. The van der Waals surface area contributed by atoms with Gasteiger partial charge in [0.15, 0.2) is 0 Å². The van der Waals surface area contributed by atoms with E-state index in [1.165, 1.54) is 19.6 Å². The van der Waals surface area contributed by atoms with Gasteiger partial charge < -0.3 is 0 Å². The standard InChI is InChI=1S/C34H18N2O4.2C14H8NO2.2W/c37-31-27-17-15-23(19-29(27)33(39)35(31)25-7-3-1-4-8-25)21-11-13-22(14-12-21)24-16-18-28-30(20-24)34(40)36(32(28)38)26-9-5-2-6-10-26;2*16-13-11-8-4-5-9-12(11)14(17)15(13)10-6-2-1-3-7-10;;/h3-20H;2*2-9H;;/q-2;2*-1;2*+2. The van der Waals surface area contributed by atoms with E-state index in [-0.39, 0.29) is 89.4 Å². The van der Waals surface area contributed by atoms with E-state index >= 15 is 0 Å². The summed E-state index contributed by atoms with van der Waals surface area (Å²) in [6, 6.07) is 70.3. The Labute approximate surface area is 464 Å². The van der Waals surface area contributed by atoms with Crippen molar-refractivity contribution < 1.29 is 80.5 Å². The van der Waals surface area contributed by atoms with E-state index in [1.807, 2.05) is 36.4 Å². The molecule has 0 atom stereocenters. The second-order valence-electron chi connectivity index (χ2n) is 17.0. The number of nitrogens with zero attached hydrogens (tertiary/aromatic N) is 4. The Morgan fingerprint density at radius 1 is 0.224 bits per heavy atom. The average molecular weight is 1330 g/mol. The van der Waals surface area contributed by atoms with Crippen LogP contribution in [0.15, 0.2) is 206 Å². The van der Waals surface area contributed by atoms with Crippen LogP contribution in [0.1, 0.15) is 82.9 Å². The molecule has 14 heteroatoms. The van der Waals surface area contributed by atoms with Gasteiger partial charge in [-0.2, -0.15) is 72.8 Å². The number of rotatable bonds is 6. The summed E-state index contributed by atoms with van der Waals surface area (Å²) in [6.45, 7) is 0. The first-order valence-corrected chi connectivity index (χ1v) is 23.1. The number of hydrogen-bond acceptors (Lipinski definition) is 8. The predicted octanol–water partition coefficient (Wildman–Crippen LogP) is 10.8. The van der Waals surface area contributed by atoms with E-state index in [9.17, 15) is 38.4 Å². The van der Waals surface area contributed by atoms with Crippen molar-refractivity contribution in [3.05, 3.63) is 275 Å². The normalized spacial score (nSPS) is 13.7. The van der Waals surface area contributed by atoms with Gasteiger partial charge in [0, 0.05) is 0 Å². The van der Waals surface area contributed by atoms with Crippen LogP contribution in [0.3, 0.4) is 0 Å². The zero-order valence-electron chi connectivity index (χ0n) is 39.5. The van der Waals surface area contributed by atoms with Gasteiger partial charge in [-0.05, 0) is 70.8 Å². The quantitative estimate of drug-likeness (QED) is 0.118. The van der Waals surface area contributed by atoms with Crippen molar-refractivity contribution in [2.75, 3.05) is 19.6 Å². The molecule has 4 aliphatic heterocycles. The van der Waals surface area contributed by atoms with Crippen molar-refractivity contribution >= 4 is 70.0 Å². The summed E-state index contributed by atoms with van der Waals surface area (Å²) in [6.07, 6.45) is 0. The molecule has 0 aromatic heterocycles. The molecule has 0 aliphatic carbocycles. The fourth-order valence-electron chi connectivity index (χ4n) is 9.12. The van der Waals surface area contributed by atoms with Crippen molar-refractivity contribution in [3.8, 4) is 22.3 Å². The first-order valence-electron chi connectivity index (χ1n) is 23.1. The molecule has 4 aliphatic rings. The minimum absolute atomic E-state index is 0. The van der Waals surface area contributed by atoms with Crippen LogP contribution in [0.5, 0.6) is 0 Å². The fraction of sp³-hybridized carbons (Fsp3) is 0. The molecule has 0 saturated heterocycles. The molecule has 13 rings (SSSR count). The number of amides is 8. The Hall–Kier alpha value is -9.08. The summed E-state index contributed by atoms with van der Waals surface area (Å²) in [4.78, 5) is 105. The largest absolute Gasteiger partial charge is 2.00 e. The Bertz CT molecular complexity index is 3480. The van der Waals surface area contributed by atoms with Crippen molar-refractivity contribution in [1.29, 1.82) is 0 Å². The number of anilines is 4. The Kier molecular flexibility index (Phi) is 14.9. The van der Waals surface area contributed by atoms with Gasteiger partial charge in [-0.15, -0.1) is 48.5 Å². The van der Waals surface area contributed by atoms with Gasteiger partial charge in [0.25, 0.3) is 47.3 Å². The summed E-state index contributed by atoms with van der Waals surface area (Å²) in [7, 11) is 0.